The lowest BCUT2D eigenvalue weighted by Crippen LogP contribution is -2.57. The number of carboxylic acids is 1. The van der Waals surface area contributed by atoms with E-state index in [0.717, 1.165) is 32.6 Å². The number of aliphatic carboxylic acids is 1. The predicted molar refractivity (Wildman–Crippen MR) is 71.3 cm³/mol. The van der Waals surface area contributed by atoms with Crippen molar-refractivity contribution in [2.45, 2.75) is 50.4 Å². The summed E-state index contributed by atoms with van der Waals surface area (Å²) in [7, 11) is 0. The largest absolute Gasteiger partial charge is 0.479 e. The van der Waals surface area contributed by atoms with Crippen molar-refractivity contribution in [2.24, 2.45) is 0 Å². The maximum atomic E-state index is 12.4. The molecule has 112 valence electrons. The van der Waals surface area contributed by atoms with E-state index < -0.39 is 18.2 Å². The van der Waals surface area contributed by atoms with Gasteiger partial charge in [0.1, 0.15) is 6.10 Å². The van der Waals surface area contributed by atoms with Crippen LogP contribution in [0.1, 0.15) is 32.1 Å². The normalized spacial score (nSPS) is 34.8. The summed E-state index contributed by atoms with van der Waals surface area (Å²) in [5.74, 6) is -0.976. The van der Waals surface area contributed by atoms with E-state index in [0.29, 0.717) is 18.9 Å². The van der Waals surface area contributed by atoms with Crippen LogP contribution in [0.15, 0.2) is 0 Å². The Morgan fingerprint density at radius 1 is 1.00 bits per heavy atom. The van der Waals surface area contributed by atoms with Crippen LogP contribution in [0.5, 0.6) is 0 Å². The molecule has 0 aromatic carbocycles. The lowest BCUT2D eigenvalue weighted by molar-refractivity contribution is -0.156. The van der Waals surface area contributed by atoms with Gasteiger partial charge in [0.15, 0.2) is 6.10 Å². The first-order chi connectivity index (χ1) is 9.65. The van der Waals surface area contributed by atoms with Crippen LogP contribution in [0.2, 0.25) is 0 Å². The van der Waals surface area contributed by atoms with E-state index >= 15 is 0 Å². The number of ether oxygens (including phenoxy) is 1. The van der Waals surface area contributed by atoms with Gasteiger partial charge in [0.2, 0.25) is 0 Å². The van der Waals surface area contributed by atoms with Crippen LogP contribution in [0.4, 0.5) is 0 Å². The van der Waals surface area contributed by atoms with Crippen molar-refractivity contribution >= 4 is 11.9 Å². The number of fused-ring (bicyclic) bond motifs is 1. The molecular formula is C14H22N2O4. The molecule has 0 aliphatic carbocycles. The third kappa shape index (κ3) is 2.67. The fraction of sp³-hybridized carbons (Fsp3) is 0.857. The molecule has 3 heterocycles. The van der Waals surface area contributed by atoms with Crippen LogP contribution in [-0.2, 0) is 14.3 Å². The van der Waals surface area contributed by atoms with Gasteiger partial charge in [-0.3, -0.25) is 9.69 Å². The highest BCUT2D eigenvalue weighted by atomic mass is 16.5. The zero-order chi connectivity index (χ0) is 14.1. The van der Waals surface area contributed by atoms with E-state index in [-0.39, 0.29) is 5.91 Å². The van der Waals surface area contributed by atoms with Gasteiger partial charge in [0.05, 0.1) is 0 Å². The molecule has 0 spiro atoms. The molecule has 0 aromatic heterocycles. The molecule has 0 aromatic rings. The number of hydrogen-bond acceptors (Lipinski definition) is 4. The van der Waals surface area contributed by atoms with Crippen molar-refractivity contribution < 1.29 is 19.4 Å². The highest BCUT2D eigenvalue weighted by Gasteiger charge is 2.39. The number of hydrogen-bond donors (Lipinski definition) is 1. The Hall–Kier alpha value is -1.14. The van der Waals surface area contributed by atoms with Crippen molar-refractivity contribution in [2.75, 3.05) is 26.2 Å². The number of nitrogens with zero attached hydrogens (tertiary/aromatic N) is 2. The molecule has 1 amide bonds. The Balaban J connectivity index is 1.57. The molecule has 20 heavy (non-hydrogen) atoms. The Morgan fingerprint density at radius 3 is 2.55 bits per heavy atom. The fourth-order valence-electron chi connectivity index (χ4n) is 3.56. The first-order valence-corrected chi connectivity index (χ1v) is 7.56. The molecular weight excluding hydrogens is 260 g/mol. The zero-order valence-corrected chi connectivity index (χ0v) is 11.7. The topological polar surface area (TPSA) is 70.1 Å². The summed E-state index contributed by atoms with van der Waals surface area (Å²) in [6.07, 6.45) is 3.27. The minimum Gasteiger partial charge on any atom is -0.479 e. The van der Waals surface area contributed by atoms with E-state index in [1.165, 1.54) is 12.8 Å². The van der Waals surface area contributed by atoms with Gasteiger partial charge in [-0.05, 0) is 32.2 Å². The van der Waals surface area contributed by atoms with Gasteiger partial charge < -0.3 is 14.7 Å². The van der Waals surface area contributed by atoms with Gasteiger partial charge >= 0.3 is 5.97 Å². The molecule has 0 radical (unpaired) electrons. The van der Waals surface area contributed by atoms with E-state index in [1.54, 1.807) is 0 Å². The summed E-state index contributed by atoms with van der Waals surface area (Å²) in [6.45, 7) is 3.60. The van der Waals surface area contributed by atoms with Crippen LogP contribution in [0.3, 0.4) is 0 Å². The molecule has 1 N–H and O–H groups in total. The van der Waals surface area contributed by atoms with Crippen LogP contribution < -0.4 is 0 Å². The fourth-order valence-corrected chi connectivity index (χ4v) is 3.56. The molecule has 3 aliphatic rings. The van der Waals surface area contributed by atoms with Crippen LogP contribution in [0, 0.1) is 0 Å². The van der Waals surface area contributed by atoms with Crippen molar-refractivity contribution in [3.63, 3.8) is 0 Å². The monoisotopic (exact) mass is 282 g/mol. The number of carbonyl (C=O) groups is 2. The third-order valence-corrected chi connectivity index (χ3v) is 4.72. The summed E-state index contributed by atoms with van der Waals surface area (Å²) < 4.78 is 5.37. The lowest BCUT2D eigenvalue weighted by Gasteiger charge is -2.44. The molecule has 0 bridgehead atoms. The third-order valence-electron chi connectivity index (χ3n) is 4.72. The quantitative estimate of drug-likeness (QED) is 0.789. The van der Waals surface area contributed by atoms with E-state index in [1.807, 2.05) is 4.90 Å². The number of piperidine rings is 1. The number of carboxylic acid groups (broad SMARTS) is 1. The average Bonchev–Trinajstić information content (AvgIpc) is 2.96. The maximum absolute atomic E-state index is 12.4. The Kier molecular flexibility index (Phi) is 3.94. The first-order valence-electron chi connectivity index (χ1n) is 7.56. The van der Waals surface area contributed by atoms with Gasteiger partial charge in [-0.2, -0.15) is 0 Å². The average molecular weight is 282 g/mol. The summed E-state index contributed by atoms with van der Waals surface area (Å²) >= 11 is 0. The standard InChI is InChI=1S/C14H22N2O4/c17-13(11-4-5-12(20-11)14(18)19)16-8-7-15-6-2-1-3-10(15)9-16/h10-12H,1-9H2,(H,18,19). The minimum atomic E-state index is -0.961. The number of rotatable bonds is 2. The van der Waals surface area contributed by atoms with Crippen molar-refractivity contribution in [1.82, 2.24) is 9.80 Å². The SMILES string of the molecule is O=C(O)C1CCC(C(=O)N2CCN3CCCCC3C2)O1. The van der Waals surface area contributed by atoms with Crippen LogP contribution in [-0.4, -0.2) is 71.2 Å². The Labute approximate surface area is 118 Å². The molecule has 3 fully saturated rings. The molecule has 0 saturated carbocycles. The second-order valence-electron chi connectivity index (χ2n) is 6.00. The second kappa shape index (κ2) is 5.69. The number of amides is 1. The van der Waals surface area contributed by atoms with Crippen LogP contribution >= 0.6 is 0 Å². The van der Waals surface area contributed by atoms with Gasteiger partial charge in [-0.25, -0.2) is 4.79 Å². The molecule has 3 unspecified atom stereocenters. The van der Waals surface area contributed by atoms with E-state index in [4.69, 9.17) is 9.84 Å². The van der Waals surface area contributed by atoms with Crippen molar-refractivity contribution in [3.05, 3.63) is 0 Å². The van der Waals surface area contributed by atoms with Gasteiger partial charge in [-0.1, -0.05) is 6.42 Å². The molecule has 3 atom stereocenters. The maximum Gasteiger partial charge on any atom is 0.332 e. The minimum absolute atomic E-state index is 0.0148. The summed E-state index contributed by atoms with van der Waals surface area (Å²) in [4.78, 5) is 27.7. The molecule has 6 heteroatoms. The molecule has 3 aliphatic heterocycles. The first kappa shape index (κ1) is 13.8. The number of carbonyl (C=O) groups excluding carboxylic acids is 1. The second-order valence-corrected chi connectivity index (χ2v) is 6.00. The predicted octanol–water partition coefficient (Wildman–Crippen LogP) is 0.315. The molecule has 3 saturated heterocycles. The van der Waals surface area contributed by atoms with Crippen molar-refractivity contribution in [3.8, 4) is 0 Å². The highest BCUT2D eigenvalue weighted by molar-refractivity contribution is 5.82. The highest BCUT2D eigenvalue weighted by Crippen LogP contribution is 2.25. The molecule has 3 rings (SSSR count). The van der Waals surface area contributed by atoms with Gasteiger partial charge in [-0.15, -0.1) is 0 Å². The smallest absolute Gasteiger partial charge is 0.332 e. The van der Waals surface area contributed by atoms with Crippen molar-refractivity contribution in [1.29, 1.82) is 0 Å². The summed E-state index contributed by atoms with van der Waals surface area (Å²) in [5.41, 5.74) is 0. The Morgan fingerprint density at radius 2 is 1.80 bits per heavy atom. The van der Waals surface area contributed by atoms with E-state index in [9.17, 15) is 9.59 Å². The van der Waals surface area contributed by atoms with Crippen LogP contribution in [0.25, 0.3) is 0 Å². The number of piperazine rings is 1. The Bertz CT molecular complexity index is 401. The van der Waals surface area contributed by atoms with E-state index in [2.05, 4.69) is 4.90 Å². The molecule has 6 nitrogen and oxygen atoms in total. The summed E-state index contributed by atoms with van der Waals surface area (Å²) in [5, 5.41) is 8.92. The zero-order valence-electron chi connectivity index (χ0n) is 11.7. The van der Waals surface area contributed by atoms with Gasteiger partial charge in [0, 0.05) is 25.7 Å². The lowest BCUT2D eigenvalue weighted by atomic mass is 9.99. The summed E-state index contributed by atoms with van der Waals surface area (Å²) in [6, 6.07) is 0.484. The van der Waals surface area contributed by atoms with Gasteiger partial charge in [0.25, 0.3) is 5.91 Å².